The molecule has 0 N–H and O–H groups in total. The average molecular weight is 880 g/mol. The molecule has 0 atom stereocenters. The molecule has 0 spiro atoms. The molecule has 3 heterocycles. The van der Waals surface area contributed by atoms with Crippen LogP contribution in [0.15, 0.2) is 229 Å². The Kier molecular flexibility index (Phi) is 8.79. The number of hydrogen-bond donors (Lipinski definition) is 0. The van der Waals surface area contributed by atoms with Crippen LogP contribution in [0.5, 0.6) is 0 Å². The Morgan fingerprint density at radius 3 is 1.51 bits per heavy atom. The number of fused-ring (bicyclic) bond motifs is 12. The van der Waals surface area contributed by atoms with Crippen molar-refractivity contribution in [3.8, 4) is 67.7 Å². The number of furan rings is 1. The van der Waals surface area contributed by atoms with E-state index in [1.165, 1.54) is 10.8 Å². The molecule has 69 heavy (non-hydrogen) atoms. The van der Waals surface area contributed by atoms with Crippen LogP contribution < -0.4 is 0 Å². The van der Waals surface area contributed by atoms with Gasteiger partial charge in [0.2, 0.25) is 0 Å². The van der Waals surface area contributed by atoms with Gasteiger partial charge in [-0.25, -0.2) is 19.9 Å². The van der Waals surface area contributed by atoms with Gasteiger partial charge >= 0.3 is 0 Å². The second-order valence-electron chi connectivity index (χ2n) is 17.5. The van der Waals surface area contributed by atoms with Crippen LogP contribution in [0, 0.1) is 0 Å². The van der Waals surface area contributed by atoms with E-state index in [9.17, 15) is 0 Å². The van der Waals surface area contributed by atoms with Gasteiger partial charge in [0.25, 0.3) is 0 Å². The Morgan fingerprint density at radius 1 is 0.290 bits per heavy atom. The summed E-state index contributed by atoms with van der Waals surface area (Å²) in [5.74, 6) is 1.64. The third kappa shape index (κ3) is 6.38. The Bertz CT molecular complexity index is 4340. The van der Waals surface area contributed by atoms with E-state index in [0.717, 1.165) is 115 Å². The van der Waals surface area contributed by atoms with Gasteiger partial charge in [0.05, 0.1) is 22.9 Å². The summed E-state index contributed by atoms with van der Waals surface area (Å²) in [7, 11) is 0. The summed E-state index contributed by atoms with van der Waals surface area (Å²) in [6.07, 6.45) is 1.91. The normalized spacial score (nSPS) is 11.8. The maximum atomic E-state index is 6.60. The molecule has 0 amide bonds. The van der Waals surface area contributed by atoms with Crippen LogP contribution in [0.4, 0.5) is 0 Å². The fourth-order valence-electron chi connectivity index (χ4n) is 10.4. The van der Waals surface area contributed by atoms with Crippen molar-refractivity contribution in [2.45, 2.75) is 0 Å². The van der Waals surface area contributed by atoms with Crippen molar-refractivity contribution < 1.29 is 4.42 Å². The predicted molar refractivity (Wildman–Crippen MR) is 283 cm³/mol. The first-order valence-corrected chi connectivity index (χ1v) is 23.1. The molecule has 320 valence electrons. The van der Waals surface area contributed by atoms with Gasteiger partial charge in [-0.05, 0) is 91.0 Å². The quantitative estimate of drug-likeness (QED) is 0.155. The summed E-state index contributed by atoms with van der Waals surface area (Å²) in [5, 5.41) is 11.1. The molecule has 6 nitrogen and oxygen atoms in total. The van der Waals surface area contributed by atoms with Crippen LogP contribution in [0.1, 0.15) is 0 Å². The fourth-order valence-corrected chi connectivity index (χ4v) is 10.4. The van der Waals surface area contributed by atoms with Crippen molar-refractivity contribution >= 4 is 76.1 Å². The van der Waals surface area contributed by atoms with Crippen molar-refractivity contribution in [3.63, 3.8) is 0 Å². The first-order valence-electron chi connectivity index (χ1n) is 23.1. The predicted octanol–water partition coefficient (Wildman–Crippen LogP) is 16.3. The molecule has 0 unspecified atom stereocenters. The molecule has 0 aliphatic carbocycles. The smallest absolute Gasteiger partial charge is 0.164 e. The molecule has 6 heteroatoms. The zero-order valence-corrected chi connectivity index (χ0v) is 37.0. The lowest BCUT2D eigenvalue weighted by atomic mass is 9.91. The summed E-state index contributed by atoms with van der Waals surface area (Å²) in [6, 6.07) is 76.1. The number of benzene rings is 11. The van der Waals surface area contributed by atoms with Crippen molar-refractivity contribution in [1.29, 1.82) is 0 Å². The SMILES string of the molecule is c1ccc(-c2nc(-c3cc(-c4cnc5c6ccccc6c6ccccc6c5n4)cc(-c4cc5ccccc5c5ccccc45)c3)nc(-c3cccc4oc5cccc(-c6ccccc6)c5c34)n2)cc1. The van der Waals surface area contributed by atoms with E-state index in [0.29, 0.717) is 17.5 Å². The largest absolute Gasteiger partial charge is 0.456 e. The molecule has 14 rings (SSSR count). The minimum absolute atomic E-state index is 0.533. The van der Waals surface area contributed by atoms with Crippen LogP contribution >= 0.6 is 0 Å². The van der Waals surface area contributed by atoms with Crippen LogP contribution in [0.3, 0.4) is 0 Å². The van der Waals surface area contributed by atoms with Gasteiger partial charge in [-0.2, -0.15) is 0 Å². The molecule has 0 aliphatic heterocycles. The van der Waals surface area contributed by atoms with E-state index in [1.807, 2.05) is 60.8 Å². The molecule has 11 aromatic carbocycles. The standard InChI is InChI=1S/C63H37N5O/c1-3-17-38(18-4-1)45-29-15-31-55-57(45)58-52(30-16-32-56(58)69-55)63-67-61(39-19-5-2-6-20-39)66-62(68-63)43-34-41(53-36-40-21-7-8-22-44(40)46-23-9-10-26-49(46)53)33-42(35-43)54-37-64-59-50-27-13-11-24-47(50)48-25-12-14-28-51(48)60(59)65-54/h1-37H. The summed E-state index contributed by atoms with van der Waals surface area (Å²) in [6.45, 7) is 0. The number of hydrogen-bond acceptors (Lipinski definition) is 6. The monoisotopic (exact) mass is 879 g/mol. The second-order valence-corrected chi connectivity index (χ2v) is 17.5. The van der Waals surface area contributed by atoms with E-state index in [-0.39, 0.29) is 0 Å². The maximum Gasteiger partial charge on any atom is 0.164 e. The van der Waals surface area contributed by atoms with Gasteiger partial charge in [0, 0.05) is 43.8 Å². The number of nitrogens with zero attached hydrogens (tertiary/aromatic N) is 5. The van der Waals surface area contributed by atoms with Crippen LogP contribution in [0.25, 0.3) is 144 Å². The summed E-state index contributed by atoms with van der Waals surface area (Å²) >= 11 is 0. The highest BCUT2D eigenvalue weighted by Gasteiger charge is 2.22. The Labute approximate surface area is 395 Å². The average Bonchev–Trinajstić information content (AvgIpc) is 3.82. The van der Waals surface area contributed by atoms with Crippen LogP contribution in [-0.4, -0.2) is 24.9 Å². The molecule has 0 aliphatic rings. The third-order valence-corrected chi connectivity index (χ3v) is 13.5. The van der Waals surface area contributed by atoms with Gasteiger partial charge in [0.15, 0.2) is 17.5 Å². The molecule has 0 bridgehead atoms. The maximum absolute atomic E-state index is 6.60. The molecule has 14 aromatic rings. The van der Waals surface area contributed by atoms with Crippen molar-refractivity contribution in [1.82, 2.24) is 24.9 Å². The number of rotatable bonds is 6. The highest BCUT2D eigenvalue weighted by Crippen LogP contribution is 2.43. The molecule has 0 saturated carbocycles. The Hall–Kier alpha value is -9.39. The first-order chi connectivity index (χ1) is 34.2. The minimum Gasteiger partial charge on any atom is -0.456 e. The molecule has 0 fully saturated rings. The van der Waals surface area contributed by atoms with E-state index in [4.69, 9.17) is 29.3 Å². The molecule has 3 aromatic heterocycles. The van der Waals surface area contributed by atoms with E-state index < -0.39 is 0 Å². The zero-order chi connectivity index (χ0) is 45.4. The van der Waals surface area contributed by atoms with Crippen molar-refractivity contribution in [2.24, 2.45) is 0 Å². The molecule has 0 saturated heterocycles. The topological polar surface area (TPSA) is 77.6 Å². The van der Waals surface area contributed by atoms with E-state index in [1.54, 1.807) is 0 Å². The molecular formula is C63H37N5O. The lowest BCUT2D eigenvalue weighted by Crippen LogP contribution is -2.01. The van der Waals surface area contributed by atoms with E-state index in [2.05, 4.69) is 164 Å². The highest BCUT2D eigenvalue weighted by atomic mass is 16.3. The third-order valence-electron chi connectivity index (χ3n) is 13.5. The van der Waals surface area contributed by atoms with Gasteiger partial charge in [-0.15, -0.1) is 0 Å². The lowest BCUT2D eigenvalue weighted by Gasteiger charge is -2.15. The minimum atomic E-state index is 0.533. The van der Waals surface area contributed by atoms with E-state index >= 15 is 0 Å². The van der Waals surface area contributed by atoms with Crippen molar-refractivity contribution in [2.75, 3.05) is 0 Å². The summed E-state index contributed by atoms with van der Waals surface area (Å²) in [5.41, 5.74) is 11.8. The summed E-state index contributed by atoms with van der Waals surface area (Å²) < 4.78 is 6.60. The first kappa shape index (κ1) is 38.8. The Morgan fingerprint density at radius 2 is 0.797 bits per heavy atom. The molecule has 0 radical (unpaired) electrons. The van der Waals surface area contributed by atoms with Crippen LogP contribution in [0.2, 0.25) is 0 Å². The highest BCUT2D eigenvalue weighted by molar-refractivity contribution is 6.23. The second kappa shape index (κ2) is 15.6. The van der Waals surface area contributed by atoms with Crippen LogP contribution in [-0.2, 0) is 0 Å². The van der Waals surface area contributed by atoms with Gasteiger partial charge in [0.1, 0.15) is 11.2 Å². The fraction of sp³-hybridized carbons (Fsp3) is 0. The van der Waals surface area contributed by atoms with Gasteiger partial charge < -0.3 is 4.42 Å². The number of aromatic nitrogens is 5. The van der Waals surface area contributed by atoms with Crippen molar-refractivity contribution in [3.05, 3.63) is 225 Å². The Balaban J connectivity index is 1.05. The molecular weight excluding hydrogens is 843 g/mol. The van der Waals surface area contributed by atoms with Gasteiger partial charge in [-0.1, -0.05) is 182 Å². The lowest BCUT2D eigenvalue weighted by molar-refractivity contribution is 0.669. The van der Waals surface area contributed by atoms with Gasteiger partial charge in [-0.3, -0.25) is 4.98 Å². The zero-order valence-electron chi connectivity index (χ0n) is 37.0. The summed E-state index contributed by atoms with van der Waals surface area (Å²) in [4.78, 5) is 26.7.